The Bertz CT molecular complexity index is 91.8. The molecule has 0 heterocycles. The van der Waals surface area contributed by atoms with Crippen molar-refractivity contribution >= 4 is 0 Å². The molecule has 0 aliphatic carbocycles. The maximum Gasteiger partial charge on any atom is 0.00608 e. The normalized spacial score (nSPS) is 13.8. The molecule has 0 saturated carbocycles. The Labute approximate surface area is 77.3 Å². The van der Waals surface area contributed by atoms with Gasteiger partial charge in [0, 0.05) is 6.04 Å². The quantitative estimate of drug-likeness (QED) is 0.588. The Morgan fingerprint density at radius 3 is 2.33 bits per heavy atom. The fraction of sp³-hybridized carbons (Fsp3) is 1.00. The lowest BCUT2D eigenvalue weighted by atomic mass is 10.1. The van der Waals surface area contributed by atoms with Gasteiger partial charge in [-0.25, -0.2) is 0 Å². The van der Waals surface area contributed by atoms with Gasteiger partial charge in [0.05, 0.1) is 0 Å². The Morgan fingerprint density at radius 1 is 1.17 bits per heavy atom. The summed E-state index contributed by atoms with van der Waals surface area (Å²) < 4.78 is 0. The van der Waals surface area contributed by atoms with Crippen molar-refractivity contribution in [1.29, 1.82) is 0 Å². The first-order valence-electron chi connectivity index (χ1n) is 4.99. The molecule has 1 unspecified atom stereocenters. The van der Waals surface area contributed by atoms with E-state index in [0.29, 0.717) is 0 Å². The van der Waals surface area contributed by atoms with Gasteiger partial charge in [-0.15, -0.1) is 0 Å². The molecule has 0 aromatic heterocycles. The predicted molar refractivity (Wildman–Crippen MR) is 55.5 cm³/mol. The molecule has 0 aromatic carbocycles. The van der Waals surface area contributed by atoms with Crippen LogP contribution in [-0.2, 0) is 0 Å². The number of rotatable bonds is 7. The average Bonchev–Trinajstić information content (AvgIpc) is 2.03. The Kier molecular flexibility index (Phi) is 7.51. The third-order valence-electron chi connectivity index (χ3n) is 2.43. The zero-order valence-corrected chi connectivity index (χ0v) is 9.06. The summed E-state index contributed by atoms with van der Waals surface area (Å²) in [5.74, 6) is 0. The van der Waals surface area contributed by atoms with Gasteiger partial charge in [-0.1, -0.05) is 12.8 Å². The van der Waals surface area contributed by atoms with Gasteiger partial charge in [0.15, 0.2) is 0 Å². The van der Waals surface area contributed by atoms with Crippen molar-refractivity contribution in [3.63, 3.8) is 0 Å². The van der Waals surface area contributed by atoms with Crippen LogP contribution in [0.3, 0.4) is 0 Å². The van der Waals surface area contributed by atoms with Crippen LogP contribution in [-0.4, -0.2) is 38.6 Å². The molecule has 0 fully saturated rings. The van der Waals surface area contributed by atoms with Gasteiger partial charge in [-0.2, -0.15) is 0 Å². The van der Waals surface area contributed by atoms with Gasteiger partial charge in [-0.3, -0.25) is 0 Å². The van der Waals surface area contributed by atoms with Crippen LogP contribution in [0.4, 0.5) is 0 Å². The smallest absolute Gasteiger partial charge is 0.00608 e. The molecule has 0 saturated heterocycles. The van der Waals surface area contributed by atoms with Crippen molar-refractivity contribution in [3.8, 4) is 0 Å². The second-order valence-electron chi connectivity index (χ2n) is 3.77. The van der Waals surface area contributed by atoms with Crippen molar-refractivity contribution in [1.82, 2.24) is 10.2 Å². The van der Waals surface area contributed by atoms with Crippen molar-refractivity contribution in [2.75, 3.05) is 27.7 Å². The number of nitrogens with one attached hydrogen (secondary N) is 1. The third-order valence-corrected chi connectivity index (χ3v) is 2.43. The molecule has 0 radical (unpaired) electrons. The van der Waals surface area contributed by atoms with Crippen LogP contribution in [0, 0.1) is 0 Å². The molecule has 0 rings (SSSR count). The highest BCUT2D eigenvalue weighted by molar-refractivity contribution is 4.59. The summed E-state index contributed by atoms with van der Waals surface area (Å²) in [4.78, 5) is 2.29. The first kappa shape index (κ1) is 11.9. The summed E-state index contributed by atoms with van der Waals surface area (Å²) in [5, 5.41) is 3.17. The summed E-state index contributed by atoms with van der Waals surface area (Å²) in [6.07, 6.45) is 5.37. The SMILES string of the molecule is CNCCCCCC(C)N(C)C. The van der Waals surface area contributed by atoms with Crippen LogP contribution in [0.2, 0.25) is 0 Å². The molecule has 2 nitrogen and oxygen atoms in total. The highest BCUT2D eigenvalue weighted by Gasteiger charge is 2.02. The van der Waals surface area contributed by atoms with E-state index in [0.717, 1.165) is 12.6 Å². The monoisotopic (exact) mass is 172 g/mol. The summed E-state index contributed by atoms with van der Waals surface area (Å²) in [5.41, 5.74) is 0. The van der Waals surface area contributed by atoms with Crippen LogP contribution < -0.4 is 5.32 Å². The first-order chi connectivity index (χ1) is 5.68. The van der Waals surface area contributed by atoms with Gasteiger partial charge < -0.3 is 10.2 Å². The van der Waals surface area contributed by atoms with E-state index in [4.69, 9.17) is 0 Å². The topological polar surface area (TPSA) is 15.3 Å². The van der Waals surface area contributed by atoms with E-state index in [2.05, 4.69) is 31.2 Å². The molecule has 0 aliphatic heterocycles. The molecule has 0 amide bonds. The lowest BCUT2D eigenvalue weighted by molar-refractivity contribution is 0.291. The number of unbranched alkanes of at least 4 members (excludes halogenated alkanes) is 2. The second-order valence-corrected chi connectivity index (χ2v) is 3.77. The molecular weight excluding hydrogens is 148 g/mol. The first-order valence-corrected chi connectivity index (χ1v) is 4.99. The van der Waals surface area contributed by atoms with E-state index in [1.807, 2.05) is 7.05 Å². The largest absolute Gasteiger partial charge is 0.320 e. The van der Waals surface area contributed by atoms with Gasteiger partial charge >= 0.3 is 0 Å². The van der Waals surface area contributed by atoms with E-state index in [1.54, 1.807) is 0 Å². The van der Waals surface area contributed by atoms with Gasteiger partial charge in [0.25, 0.3) is 0 Å². The highest BCUT2D eigenvalue weighted by Crippen LogP contribution is 2.05. The van der Waals surface area contributed by atoms with Crippen LogP contribution in [0.5, 0.6) is 0 Å². The Balaban J connectivity index is 3.08. The van der Waals surface area contributed by atoms with E-state index >= 15 is 0 Å². The molecule has 0 aromatic rings. The summed E-state index contributed by atoms with van der Waals surface area (Å²) in [7, 11) is 6.32. The van der Waals surface area contributed by atoms with E-state index in [9.17, 15) is 0 Å². The molecule has 74 valence electrons. The molecule has 2 heteroatoms. The van der Waals surface area contributed by atoms with Crippen LogP contribution in [0.1, 0.15) is 32.6 Å². The minimum Gasteiger partial charge on any atom is -0.320 e. The number of hydrogen-bond acceptors (Lipinski definition) is 2. The maximum absolute atomic E-state index is 3.17. The third kappa shape index (κ3) is 6.62. The lowest BCUT2D eigenvalue weighted by Gasteiger charge is -2.19. The number of nitrogens with zero attached hydrogens (tertiary/aromatic N) is 1. The minimum atomic E-state index is 0.736. The fourth-order valence-corrected chi connectivity index (χ4v) is 1.18. The van der Waals surface area contributed by atoms with Crippen molar-refractivity contribution in [2.24, 2.45) is 0 Å². The average molecular weight is 172 g/mol. The van der Waals surface area contributed by atoms with Crippen LogP contribution >= 0.6 is 0 Å². The van der Waals surface area contributed by atoms with Crippen molar-refractivity contribution in [2.45, 2.75) is 38.6 Å². The maximum atomic E-state index is 3.17. The summed E-state index contributed by atoms with van der Waals surface area (Å²) in [6, 6.07) is 0.736. The summed E-state index contributed by atoms with van der Waals surface area (Å²) >= 11 is 0. The van der Waals surface area contributed by atoms with Crippen LogP contribution in [0.25, 0.3) is 0 Å². The zero-order chi connectivity index (χ0) is 9.40. The van der Waals surface area contributed by atoms with Crippen molar-refractivity contribution < 1.29 is 0 Å². The number of hydrogen-bond donors (Lipinski definition) is 1. The Hall–Kier alpha value is -0.0800. The van der Waals surface area contributed by atoms with Gasteiger partial charge in [-0.05, 0) is 47.5 Å². The second kappa shape index (κ2) is 7.56. The zero-order valence-electron chi connectivity index (χ0n) is 9.06. The molecule has 12 heavy (non-hydrogen) atoms. The predicted octanol–water partition coefficient (Wildman–Crippen LogP) is 1.72. The van der Waals surface area contributed by atoms with Gasteiger partial charge in [0.2, 0.25) is 0 Å². The van der Waals surface area contributed by atoms with E-state index in [1.165, 1.54) is 25.7 Å². The molecular formula is C10H24N2. The molecule has 1 atom stereocenters. The van der Waals surface area contributed by atoms with E-state index in [-0.39, 0.29) is 0 Å². The van der Waals surface area contributed by atoms with Crippen molar-refractivity contribution in [3.05, 3.63) is 0 Å². The molecule has 0 bridgehead atoms. The minimum absolute atomic E-state index is 0.736. The molecule has 0 spiro atoms. The van der Waals surface area contributed by atoms with E-state index < -0.39 is 0 Å². The summed E-state index contributed by atoms with van der Waals surface area (Å²) in [6.45, 7) is 3.45. The lowest BCUT2D eigenvalue weighted by Crippen LogP contribution is -2.24. The molecule has 0 aliphatic rings. The molecule has 1 N–H and O–H groups in total. The van der Waals surface area contributed by atoms with Gasteiger partial charge in [0.1, 0.15) is 0 Å². The highest BCUT2D eigenvalue weighted by atomic mass is 15.1. The Morgan fingerprint density at radius 2 is 1.83 bits per heavy atom. The van der Waals surface area contributed by atoms with Crippen LogP contribution in [0.15, 0.2) is 0 Å². The fourth-order valence-electron chi connectivity index (χ4n) is 1.18. The standard InChI is InChI=1S/C10H24N2/c1-10(12(3)4)8-6-5-7-9-11-2/h10-11H,5-9H2,1-4H3.